The normalized spacial score (nSPS) is 8.40. The molecule has 0 saturated heterocycles. The summed E-state index contributed by atoms with van der Waals surface area (Å²) in [7, 11) is -36.7. The van der Waals surface area contributed by atoms with Crippen LogP contribution in [0.5, 0.6) is 0 Å². The van der Waals surface area contributed by atoms with Crippen LogP contribution in [0.15, 0.2) is 0 Å². The molecule has 0 spiro atoms. The van der Waals surface area contributed by atoms with Crippen molar-refractivity contribution < 1.29 is 329 Å². The molecule has 0 rings (SSSR count). The minimum atomic E-state index is -2.62. The maximum atomic E-state index is 7.23. The Kier molecular flexibility index (Phi) is 238. The number of hydrogen-bond acceptors (Lipinski definition) is 42. The molecule has 0 radical (unpaired) electrons. The molecule has 0 unspecified atom stereocenters. The van der Waals surface area contributed by atoms with Crippen molar-refractivity contribution in [3.05, 3.63) is 0 Å². The summed E-state index contributed by atoms with van der Waals surface area (Å²) in [5.41, 5.74) is 0. The van der Waals surface area contributed by atoms with Crippen molar-refractivity contribution in [1.29, 1.82) is 0 Å². The van der Waals surface area contributed by atoms with Crippen molar-refractivity contribution in [2.24, 2.45) is 0 Å². The molecule has 0 fully saturated rings. The molecule has 0 saturated carbocycles. The molecule has 0 aliphatic carbocycles. The molecule has 60 heavy (non-hydrogen) atoms. The zero-order valence-corrected chi connectivity index (χ0v) is 49.6. The molecule has 0 aromatic rings. The van der Waals surface area contributed by atoms with Gasteiger partial charge in [-0.1, -0.05) is 0 Å². The Morgan fingerprint density at radius 3 is 0.100 bits per heavy atom. The van der Waals surface area contributed by atoms with Gasteiger partial charge in [-0.15, -0.1) is 0 Å². The molecular weight excluding hydrogens is 1200 g/mol. The molecule has 0 atom stereocenters. The standard InChI is InChI=1S/4Na.14H3O3P.4H/c;;;;14*1-4(2)3;;;;/h;;;;14*1-3H;;;;/q4*+1;;;;;;;;;;;;;;;4*-1. The molecule has 0 bridgehead atoms. The van der Waals surface area contributed by atoms with E-state index in [1.54, 1.807) is 0 Å². The van der Waals surface area contributed by atoms with Crippen molar-refractivity contribution in [2.45, 2.75) is 0 Å². The largest absolute Gasteiger partial charge is 1.00 e. The Morgan fingerprint density at radius 1 is 0.100 bits per heavy atom. The summed E-state index contributed by atoms with van der Waals surface area (Å²) in [5, 5.41) is 0. The number of rotatable bonds is 0. The van der Waals surface area contributed by atoms with Crippen LogP contribution in [-0.2, 0) is 0 Å². The summed E-state index contributed by atoms with van der Waals surface area (Å²) in [6.45, 7) is 0. The van der Waals surface area contributed by atoms with E-state index >= 15 is 0 Å². The first kappa shape index (κ1) is 122. The average molecular weight is 1240 g/mol. The van der Waals surface area contributed by atoms with E-state index < -0.39 is 120 Å². The van der Waals surface area contributed by atoms with E-state index in [4.69, 9.17) is 206 Å². The summed E-state index contributed by atoms with van der Waals surface area (Å²) in [4.78, 5) is 304. The second kappa shape index (κ2) is 117. The second-order valence-corrected chi connectivity index (χ2v) is 11.3. The maximum Gasteiger partial charge on any atom is 1.00 e. The quantitative estimate of drug-likeness (QED) is 0.0791. The van der Waals surface area contributed by atoms with Crippen LogP contribution in [0, 0.1) is 0 Å². The van der Waals surface area contributed by atoms with Crippen LogP contribution in [0.4, 0.5) is 0 Å². The van der Waals surface area contributed by atoms with Gasteiger partial charge in [0.25, 0.3) is 0 Å². The van der Waals surface area contributed by atoms with Gasteiger partial charge < -0.3 is 211 Å². The fourth-order valence-electron chi connectivity index (χ4n) is 0. The van der Waals surface area contributed by atoms with Crippen molar-refractivity contribution in [3.63, 3.8) is 0 Å². The second-order valence-electron chi connectivity index (χ2n) is 3.76. The Morgan fingerprint density at radius 2 is 0.100 bits per heavy atom. The molecular formula is H46Na4O42P14. The van der Waals surface area contributed by atoms with Crippen LogP contribution < -0.4 is 118 Å². The Hall–Kier alpha value is 8.34. The first-order valence-corrected chi connectivity index (χ1v) is 25.2. The molecule has 0 aromatic heterocycles. The monoisotopic (exact) mass is 1240 g/mol. The van der Waals surface area contributed by atoms with Crippen LogP contribution in [0.25, 0.3) is 0 Å². The third kappa shape index (κ3) is 4070. The van der Waals surface area contributed by atoms with Crippen LogP contribution in [0.2, 0.25) is 0 Å². The van der Waals surface area contributed by atoms with Crippen molar-refractivity contribution >= 4 is 120 Å². The van der Waals surface area contributed by atoms with Gasteiger partial charge in [-0.05, 0) is 0 Å². The summed E-state index contributed by atoms with van der Waals surface area (Å²) in [6.07, 6.45) is 0. The van der Waals surface area contributed by atoms with E-state index in [0.29, 0.717) is 0 Å². The molecule has 0 aromatic carbocycles. The van der Waals surface area contributed by atoms with Gasteiger partial charge in [0.05, 0.1) is 0 Å². The fraction of sp³-hybridized carbons (Fsp3) is 0. The summed E-state index contributed by atoms with van der Waals surface area (Å²) in [5.74, 6) is 0. The zero-order valence-electron chi connectivity index (χ0n) is 33.0. The smallest absolute Gasteiger partial charge is 1.00 e. The topological polar surface area (TPSA) is 850 Å². The molecule has 0 aliphatic heterocycles. The van der Waals surface area contributed by atoms with Crippen LogP contribution in [0.1, 0.15) is 5.71 Å². The van der Waals surface area contributed by atoms with Crippen molar-refractivity contribution in [3.8, 4) is 0 Å². The van der Waals surface area contributed by atoms with Crippen LogP contribution >= 0.6 is 120 Å². The first-order chi connectivity index (χ1) is 24.2. The molecule has 0 amide bonds. The van der Waals surface area contributed by atoms with Gasteiger partial charge in [-0.3, -0.25) is 0 Å². The summed E-state index contributed by atoms with van der Waals surface area (Å²) in [6, 6.07) is 0. The SMILES string of the molecule is OP(O)O.OP(O)O.OP(O)O.OP(O)O.OP(O)O.OP(O)O.OP(O)O.OP(O)O.OP(O)O.OP(O)O.OP(O)O.OP(O)O.OP(O)O.OP(O)O.[H-].[H-].[H-].[H-].[Na+].[Na+].[Na+].[Na+]. The summed E-state index contributed by atoms with van der Waals surface area (Å²) >= 11 is 0. The molecule has 0 aliphatic rings. The van der Waals surface area contributed by atoms with Crippen molar-refractivity contribution in [2.75, 3.05) is 0 Å². The van der Waals surface area contributed by atoms with Gasteiger partial charge >= 0.3 is 239 Å². The van der Waals surface area contributed by atoms with Gasteiger partial charge in [-0.25, -0.2) is 0 Å². The Labute approximate surface area is 445 Å². The van der Waals surface area contributed by atoms with E-state index in [0.717, 1.165) is 0 Å². The van der Waals surface area contributed by atoms with Crippen molar-refractivity contribution in [1.82, 2.24) is 0 Å². The number of hydrogen-bond donors (Lipinski definition) is 42. The van der Waals surface area contributed by atoms with Crippen LogP contribution in [0.3, 0.4) is 0 Å². The Bertz CT molecular complexity index is 315. The molecule has 42 N–H and O–H groups in total. The van der Waals surface area contributed by atoms with E-state index in [2.05, 4.69) is 0 Å². The molecule has 0 heterocycles. The predicted molar refractivity (Wildman–Crippen MR) is 195 cm³/mol. The van der Waals surface area contributed by atoms with Crippen LogP contribution in [-0.4, -0.2) is 206 Å². The van der Waals surface area contributed by atoms with Gasteiger partial charge in [0.2, 0.25) is 0 Å². The third-order valence-corrected chi connectivity index (χ3v) is 0. The average Bonchev–Trinajstić information content (AvgIpc) is 2.73. The molecule has 42 nitrogen and oxygen atoms in total. The van der Waals surface area contributed by atoms with E-state index in [-0.39, 0.29) is 124 Å². The van der Waals surface area contributed by atoms with Gasteiger partial charge in [0.1, 0.15) is 0 Å². The van der Waals surface area contributed by atoms with Gasteiger partial charge in [0.15, 0.2) is 0 Å². The van der Waals surface area contributed by atoms with Gasteiger partial charge in [-0.2, -0.15) is 0 Å². The van der Waals surface area contributed by atoms with E-state index in [9.17, 15) is 0 Å². The minimum absolute atomic E-state index is 0. The maximum absolute atomic E-state index is 7.23. The van der Waals surface area contributed by atoms with Gasteiger partial charge in [0, 0.05) is 0 Å². The predicted octanol–water partition coefficient (Wildman–Crippen LogP) is -22.9. The zero-order chi connectivity index (χ0) is 50.1. The first-order valence-electron chi connectivity index (χ1n) is 8.40. The minimum Gasteiger partial charge on any atom is -1.00 e. The van der Waals surface area contributed by atoms with E-state index in [1.807, 2.05) is 0 Å². The Balaban J connectivity index is -0.0000000147. The summed E-state index contributed by atoms with van der Waals surface area (Å²) < 4.78 is 0. The van der Waals surface area contributed by atoms with E-state index in [1.165, 1.54) is 0 Å². The molecule has 60 heteroatoms. The third-order valence-electron chi connectivity index (χ3n) is 0. The molecule has 372 valence electrons. The fourth-order valence-corrected chi connectivity index (χ4v) is 0.